The zero-order valence-corrected chi connectivity index (χ0v) is 20.0. The lowest BCUT2D eigenvalue weighted by Crippen LogP contribution is -2.42. The van der Waals surface area contributed by atoms with Crippen LogP contribution in [-0.2, 0) is 12.8 Å². The maximum atomic E-state index is 13.9. The van der Waals surface area contributed by atoms with Gasteiger partial charge in [0.2, 0.25) is 0 Å². The van der Waals surface area contributed by atoms with Crippen LogP contribution >= 0.6 is 0 Å². The second kappa shape index (κ2) is 12.3. The second-order valence-electron chi connectivity index (χ2n) is 8.46. The number of hydrogen-bond acceptors (Lipinski definition) is 2. The van der Waals surface area contributed by atoms with Crippen LogP contribution in [0.2, 0.25) is 0 Å². The summed E-state index contributed by atoms with van der Waals surface area (Å²) in [5.41, 5.74) is 10.6. The molecular formula is C26H42FN3O. The van der Waals surface area contributed by atoms with Gasteiger partial charge in [0, 0.05) is 8.54 Å². The van der Waals surface area contributed by atoms with E-state index in [-0.39, 0.29) is 20.1 Å². The molecule has 0 heterocycles. The molecule has 0 fully saturated rings. The van der Waals surface area contributed by atoms with Crippen LogP contribution in [-0.4, -0.2) is 12.2 Å². The van der Waals surface area contributed by atoms with Gasteiger partial charge in [-0.1, -0.05) is 64.5 Å². The first kappa shape index (κ1) is 26.4. The average molecular weight is 432 g/mol. The number of carbonyl (C=O) groups is 1. The van der Waals surface area contributed by atoms with Gasteiger partial charge in [-0.15, -0.1) is 0 Å². The minimum absolute atomic E-state index is 0. The van der Waals surface area contributed by atoms with Gasteiger partial charge in [0.15, 0.2) is 0 Å². The van der Waals surface area contributed by atoms with Crippen molar-refractivity contribution in [1.29, 1.82) is 0 Å². The van der Waals surface area contributed by atoms with Gasteiger partial charge in [-0.3, -0.25) is 0 Å². The summed E-state index contributed by atoms with van der Waals surface area (Å²) in [7, 11) is 0. The van der Waals surface area contributed by atoms with Gasteiger partial charge < -0.3 is 16.4 Å². The van der Waals surface area contributed by atoms with Gasteiger partial charge in [-0.25, -0.2) is 9.18 Å². The highest BCUT2D eigenvalue weighted by Gasteiger charge is 2.14. The summed E-state index contributed by atoms with van der Waals surface area (Å²) in [4.78, 5) is 12.2. The van der Waals surface area contributed by atoms with E-state index in [0.29, 0.717) is 12.1 Å². The van der Waals surface area contributed by atoms with E-state index < -0.39 is 6.17 Å². The van der Waals surface area contributed by atoms with Gasteiger partial charge in [-0.05, 0) is 73.1 Å². The molecule has 31 heavy (non-hydrogen) atoms. The molecule has 0 spiro atoms. The van der Waals surface area contributed by atoms with Crippen molar-refractivity contribution >= 4 is 11.7 Å². The number of carbonyl (C=O) groups excluding carboxylic acids is 1. The number of anilines is 1. The quantitative estimate of drug-likeness (QED) is 0.346. The lowest BCUT2D eigenvalue weighted by Gasteiger charge is -2.21. The van der Waals surface area contributed by atoms with E-state index in [2.05, 4.69) is 31.4 Å². The Bertz CT molecular complexity index is 858. The van der Waals surface area contributed by atoms with E-state index in [1.165, 1.54) is 6.07 Å². The highest BCUT2D eigenvalue weighted by molar-refractivity contribution is 5.89. The minimum Gasteiger partial charge on any atom is -0.319 e. The molecule has 1 atom stereocenters. The van der Waals surface area contributed by atoms with Crippen LogP contribution in [0, 0.1) is 18.2 Å². The van der Waals surface area contributed by atoms with Crippen molar-refractivity contribution in [2.75, 3.05) is 5.32 Å². The Morgan fingerprint density at radius 3 is 2.29 bits per heavy atom. The standard InChI is InChI=1S/C24H32FN3O.C2H6.2H2/c1-16-7-6-8-21(25)20(16)14-11-18-9-12-19(13-10-18)27-23(29)28-22(26)15-17(2)24(3,4)5;1-2;;/h6-10,12-13,15,22H,11,14,26H2,1-5H3,(H2,27,28,29);1-2H3;2*1H/b17-15+;;;. The molecule has 0 saturated carbocycles. The number of amides is 2. The number of urea groups is 1. The number of nitrogens with two attached hydrogens (primary N) is 1. The van der Waals surface area contributed by atoms with E-state index in [9.17, 15) is 9.18 Å². The van der Waals surface area contributed by atoms with E-state index in [0.717, 1.165) is 28.7 Å². The maximum absolute atomic E-state index is 13.9. The Morgan fingerprint density at radius 1 is 1.13 bits per heavy atom. The number of nitrogens with one attached hydrogen (secondary N) is 2. The first-order valence-electron chi connectivity index (χ1n) is 10.9. The molecule has 1 unspecified atom stereocenters. The second-order valence-corrected chi connectivity index (χ2v) is 8.46. The summed E-state index contributed by atoms with van der Waals surface area (Å²) in [5.74, 6) is -0.160. The molecule has 0 saturated heterocycles. The van der Waals surface area contributed by atoms with E-state index in [1.807, 2.05) is 64.1 Å². The fraction of sp³-hybridized carbons (Fsp3) is 0.423. The molecule has 2 aromatic rings. The fourth-order valence-electron chi connectivity index (χ4n) is 2.89. The van der Waals surface area contributed by atoms with Crippen LogP contribution in [0.5, 0.6) is 0 Å². The summed E-state index contributed by atoms with van der Waals surface area (Å²) in [6, 6.07) is 12.3. The van der Waals surface area contributed by atoms with Crippen LogP contribution in [0.1, 0.15) is 61.1 Å². The molecule has 4 nitrogen and oxygen atoms in total. The molecule has 5 heteroatoms. The molecule has 2 amide bonds. The minimum atomic E-state index is -0.558. The van der Waals surface area contributed by atoms with Gasteiger partial charge in [-0.2, -0.15) is 0 Å². The first-order valence-corrected chi connectivity index (χ1v) is 10.9. The van der Waals surface area contributed by atoms with Crippen LogP contribution in [0.3, 0.4) is 0 Å². The molecule has 2 rings (SSSR count). The van der Waals surface area contributed by atoms with E-state index >= 15 is 0 Å². The average Bonchev–Trinajstić information content (AvgIpc) is 2.69. The summed E-state index contributed by atoms with van der Waals surface area (Å²) in [6.45, 7) is 14.2. The van der Waals surface area contributed by atoms with Crippen molar-refractivity contribution in [3.8, 4) is 0 Å². The summed E-state index contributed by atoms with van der Waals surface area (Å²) in [6.07, 6.45) is 2.67. The molecular weight excluding hydrogens is 389 g/mol. The predicted octanol–water partition coefficient (Wildman–Crippen LogP) is 6.84. The number of rotatable bonds is 6. The summed E-state index contributed by atoms with van der Waals surface area (Å²) in [5, 5.41) is 5.50. The number of aryl methyl sites for hydroxylation is 2. The lowest BCUT2D eigenvalue weighted by atomic mass is 9.87. The summed E-state index contributed by atoms with van der Waals surface area (Å²) >= 11 is 0. The molecule has 0 bridgehead atoms. The first-order chi connectivity index (χ1) is 14.6. The van der Waals surface area contributed by atoms with Gasteiger partial charge in [0.25, 0.3) is 0 Å². The Morgan fingerprint density at radius 2 is 1.74 bits per heavy atom. The van der Waals surface area contributed by atoms with Crippen LogP contribution in [0.25, 0.3) is 0 Å². The number of allylic oxidation sites excluding steroid dienone is 1. The number of halogens is 1. The number of benzene rings is 2. The van der Waals surface area contributed by atoms with Crippen molar-refractivity contribution in [3.05, 3.63) is 76.6 Å². The van der Waals surface area contributed by atoms with Crippen LogP contribution in [0.4, 0.5) is 14.9 Å². The zero-order valence-electron chi connectivity index (χ0n) is 20.0. The fourth-order valence-corrected chi connectivity index (χ4v) is 2.89. The van der Waals surface area contributed by atoms with E-state index in [4.69, 9.17) is 5.73 Å². The third kappa shape index (κ3) is 8.93. The Kier molecular flexibility index (Phi) is 10.4. The Balaban J connectivity index is 0. The molecule has 0 aliphatic rings. The Hall–Kier alpha value is -2.66. The van der Waals surface area contributed by atoms with Crippen molar-refractivity contribution < 1.29 is 12.0 Å². The van der Waals surface area contributed by atoms with Gasteiger partial charge >= 0.3 is 6.03 Å². The summed E-state index contributed by atoms with van der Waals surface area (Å²) < 4.78 is 13.9. The lowest BCUT2D eigenvalue weighted by molar-refractivity contribution is 0.250. The smallest absolute Gasteiger partial charge is 0.319 e. The van der Waals surface area contributed by atoms with Crippen molar-refractivity contribution in [3.63, 3.8) is 0 Å². The number of hydrogen-bond donors (Lipinski definition) is 3. The molecule has 0 radical (unpaired) electrons. The molecule has 0 aliphatic carbocycles. The highest BCUT2D eigenvalue weighted by Crippen LogP contribution is 2.24. The highest BCUT2D eigenvalue weighted by atomic mass is 19.1. The van der Waals surface area contributed by atoms with Gasteiger partial charge in [0.05, 0.1) is 6.17 Å². The topological polar surface area (TPSA) is 67.1 Å². The van der Waals surface area contributed by atoms with Crippen molar-refractivity contribution in [1.82, 2.24) is 5.32 Å². The van der Waals surface area contributed by atoms with E-state index in [1.54, 1.807) is 6.07 Å². The largest absolute Gasteiger partial charge is 0.320 e. The molecule has 0 aromatic heterocycles. The maximum Gasteiger partial charge on any atom is 0.320 e. The van der Waals surface area contributed by atoms with Crippen LogP contribution < -0.4 is 16.4 Å². The normalized spacial score (nSPS) is 12.5. The third-order valence-electron chi connectivity index (χ3n) is 5.14. The zero-order chi connectivity index (χ0) is 23.6. The van der Waals surface area contributed by atoms with Crippen molar-refractivity contribution in [2.45, 2.75) is 67.5 Å². The molecule has 0 aliphatic heterocycles. The predicted molar refractivity (Wildman–Crippen MR) is 134 cm³/mol. The van der Waals surface area contributed by atoms with Gasteiger partial charge in [0.1, 0.15) is 5.82 Å². The molecule has 174 valence electrons. The molecule has 4 N–H and O–H groups in total. The van der Waals surface area contributed by atoms with Crippen LogP contribution in [0.15, 0.2) is 54.1 Å². The Labute approximate surface area is 190 Å². The SMILES string of the molecule is C/C(=C\C(N)NC(=O)Nc1ccc(CCc2c(C)cccc2F)cc1)C(C)(C)C.CC.[HH].[HH]. The molecule has 2 aromatic carbocycles. The monoisotopic (exact) mass is 431 g/mol. The third-order valence-corrected chi connectivity index (χ3v) is 5.14. The van der Waals surface area contributed by atoms with Crippen molar-refractivity contribution in [2.24, 2.45) is 11.1 Å².